The molecule has 1 aliphatic heterocycles. The highest BCUT2D eigenvalue weighted by Crippen LogP contribution is 2.23. The van der Waals surface area contributed by atoms with Gasteiger partial charge in [0.2, 0.25) is 5.65 Å². The molecule has 1 atom stereocenters. The number of hydrogen-bond acceptors (Lipinski definition) is 6. The third kappa shape index (κ3) is 3.38. The lowest BCUT2D eigenvalue weighted by atomic mass is 10.1. The first-order valence-electron chi connectivity index (χ1n) is 9.91. The number of para-hydroxylation sites is 1. The molecule has 152 valence electrons. The van der Waals surface area contributed by atoms with Crippen molar-refractivity contribution in [2.45, 2.75) is 25.9 Å². The van der Waals surface area contributed by atoms with E-state index in [2.05, 4.69) is 20.2 Å². The van der Waals surface area contributed by atoms with Gasteiger partial charge in [0, 0.05) is 25.1 Å². The van der Waals surface area contributed by atoms with Crippen molar-refractivity contribution in [1.29, 1.82) is 0 Å². The van der Waals surface area contributed by atoms with Crippen molar-refractivity contribution in [3.05, 3.63) is 66.5 Å². The van der Waals surface area contributed by atoms with Gasteiger partial charge in [-0.1, -0.05) is 12.1 Å². The van der Waals surface area contributed by atoms with Crippen LogP contribution in [0.1, 0.15) is 28.9 Å². The molecule has 0 radical (unpaired) electrons. The molecule has 0 spiro atoms. The van der Waals surface area contributed by atoms with E-state index in [-0.39, 0.29) is 12.0 Å². The zero-order valence-corrected chi connectivity index (χ0v) is 16.5. The summed E-state index contributed by atoms with van der Waals surface area (Å²) < 4.78 is 8.08. The fourth-order valence-corrected chi connectivity index (χ4v) is 3.82. The van der Waals surface area contributed by atoms with Gasteiger partial charge >= 0.3 is 0 Å². The Kier molecular flexibility index (Phi) is 4.62. The quantitative estimate of drug-likeness (QED) is 0.519. The van der Waals surface area contributed by atoms with Crippen LogP contribution in [0.4, 0.5) is 0 Å². The Balaban J connectivity index is 1.36. The highest BCUT2D eigenvalue weighted by molar-refractivity contribution is 5.97. The molecule has 3 aromatic heterocycles. The Bertz CT molecular complexity index is 1190. The molecule has 0 N–H and O–H groups in total. The van der Waals surface area contributed by atoms with E-state index < -0.39 is 0 Å². The van der Waals surface area contributed by atoms with E-state index in [4.69, 9.17) is 4.74 Å². The lowest BCUT2D eigenvalue weighted by molar-refractivity contribution is 0.0530. The summed E-state index contributed by atoms with van der Waals surface area (Å²) in [6.07, 6.45) is 10.2. The number of aryl methyl sites for hydroxylation is 1. The largest absolute Gasteiger partial charge is 0.470 e. The minimum Gasteiger partial charge on any atom is -0.470 e. The van der Waals surface area contributed by atoms with Crippen LogP contribution in [-0.4, -0.2) is 59.4 Å². The molecule has 0 bridgehead atoms. The van der Waals surface area contributed by atoms with E-state index in [1.165, 1.54) is 4.80 Å². The summed E-state index contributed by atoms with van der Waals surface area (Å²) in [5, 5.41) is 8.34. The molecule has 1 unspecified atom stereocenters. The van der Waals surface area contributed by atoms with Crippen LogP contribution in [0, 0.1) is 6.92 Å². The van der Waals surface area contributed by atoms with Crippen LogP contribution >= 0.6 is 0 Å². The summed E-state index contributed by atoms with van der Waals surface area (Å²) in [5.41, 5.74) is 2.82. The molecule has 5 rings (SSSR count). The van der Waals surface area contributed by atoms with Gasteiger partial charge in [0.05, 0.1) is 35.9 Å². The first-order chi connectivity index (χ1) is 14.7. The third-order valence-corrected chi connectivity index (χ3v) is 5.18. The standard InChI is InChI=1S/C21H21N7O2/c1-15-13-26-12-10-22-20(19(26)25-15)30-16-5-4-11-27(14-16)21(29)17-6-2-3-7-18(17)28-23-8-9-24-28/h2-3,6-10,12-13,16H,4-5,11,14H2,1H3. The predicted octanol–water partition coefficient (Wildman–Crippen LogP) is 2.30. The molecule has 4 heterocycles. The van der Waals surface area contributed by atoms with Crippen molar-refractivity contribution < 1.29 is 9.53 Å². The number of imidazole rings is 1. The highest BCUT2D eigenvalue weighted by atomic mass is 16.5. The number of piperidine rings is 1. The maximum Gasteiger partial charge on any atom is 0.258 e. The van der Waals surface area contributed by atoms with E-state index in [0.29, 0.717) is 35.9 Å². The monoisotopic (exact) mass is 403 g/mol. The fraction of sp³-hybridized carbons (Fsp3) is 0.286. The predicted molar refractivity (Wildman–Crippen MR) is 109 cm³/mol. The topological polar surface area (TPSA) is 90.4 Å². The van der Waals surface area contributed by atoms with Crippen LogP contribution in [0.15, 0.2) is 55.2 Å². The van der Waals surface area contributed by atoms with Gasteiger partial charge < -0.3 is 14.0 Å². The molecule has 1 aliphatic rings. The highest BCUT2D eigenvalue weighted by Gasteiger charge is 2.28. The number of rotatable bonds is 4. The summed E-state index contributed by atoms with van der Waals surface area (Å²) in [6, 6.07) is 7.37. The van der Waals surface area contributed by atoms with Crippen LogP contribution in [0.25, 0.3) is 11.3 Å². The lowest BCUT2D eigenvalue weighted by Gasteiger charge is -2.33. The van der Waals surface area contributed by atoms with Crippen molar-refractivity contribution in [1.82, 2.24) is 34.3 Å². The first kappa shape index (κ1) is 18.3. The third-order valence-electron chi connectivity index (χ3n) is 5.18. The molecule has 9 nitrogen and oxygen atoms in total. The molecule has 0 aliphatic carbocycles. The number of carbonyl (C=O) groups is 1. The Morgan fingerprint density at radius 2 is 2.00 bits per heavy atom. The Hall–Kier alpha value is -3.75. The van der Waals surface area contributed by atoms with Gasteiger partial charge in [-0.25, -0.2) is 9.97 Å². The zero-order chi connectivity index (χ0) is 20.5. The number of nitrogens with zero attached hydrogens (tertiary/aromatic N) is 7. The van der Waals surface area contributed by atoms with E-state index in [1.807, 2.05) is 46.8 Å². The smallest absolute Gasteiger partial charge is 0.258 e. The average Bonchev–Trinajstić information content (AvgIpc) is 3.43. The van der Waals surface area contributed by atoms with E-state index >= 15 is 0 Å². The van der Waals surface area contributed by atoms with E-state index in [1.54, 1.807) is 24.7 Å². The van der Waals surface area contributed by atoms with E-state index in [0.717, 1.165) is 18.5 Å². The normalized spacial score (nSPS) is 16.7. The second-order valence-corrected chi connectivity index (χ2v) is 7.31. The minimum absolute atomic E-state index is 0.0565. The van der Waals surface area contributed by atoms with Gasteiger partial charge in [-0.05, 0) is 31.9 Å². The fourth-order valence-electron chi connectivity index (χ4n) is 3.82. The molecule has 1 fully saturated rings. The minimum atomic E-state index is -0.145. The molecule has 4 aromatic rings. The van der Waals surface area contributed by atoms with Crippen LogP contribution in [-0.2, 0) is 0 Å². The molecule has 1 aromatic carbocycles. The summed E-state index contributed by atoms with van der Waals surface area (Å²) in [5.74, 6) is 0.435. The van der Waals surface area contributed by atoms with Crippen molar-refractivity contribution in [2.24, 2.45) is 0 Å². The second kappa shape index (κ2) is 7.58. The van der Waals surface area contributed by atoms with Crippen molar-refractivity contribution in [2.75, 3.05) is 13.1 Å². The Morgan fingerprint density at radius 1 is 1.17 bits per heavy atom. The number of aromatic nitrogens is 6. The second-order valence-electron chi connectivity index (χ2n) is 7.31. The van der Waals surface area contributed by atoms with Crippen LogP contribution in [0.3, 0.4) is 0 Å². The number of ether oxygens (including phenoxy) is 1. The molecule has 1 saturated heterocycles. The van der Waals surface area contributed by atoms with Crippen LogP contribution in [0.2, 0.25) is 0 Å². The maximum atomic E-state index is 13.3. The van der Waals surface area contributed by atoms with Crippen LogP contribution in [0.5, 0.6) is 5.88 Å². The summed E-state index contributed by atoms with van der Waals surface area (Å²) in [4.78, 5) is 25.5. The number of carbonyl (C=O) groups excluding carboxylic acids is 1. The Labute approximate surface area is 172 Å². The van der Waals surface area contributed by atoms with Crippen molar-refractivity contribution in [3.63, 3.8) is 0 Å². The number of benzene rings is 1. The number of fused-ring (bicyclic) bond motifs is 1. The van der Waals surface area contributed by atoms with Gasteiger partial charge in [0.15, 0.2) is 0 Å². The molecule has 1 amide bonds. The maximum absolute atomic E-state index is 13.3. The Morgan fingerprint density at radius 3 is 2.87 bits per heavy atom. The van der Waals surface area contributed by atoms with Crippen molar-refractivity contribution in [3.8, 4) is 11.6 Å². The summed E-state index contributed by atoms with van der Waals surface area (Å²) >= 11 is 0. The van der Waals surface area contributed by atoms with Gasteiger partial charge in [0.25, 0.3) is 11.8 Å². The van der Waals surface area contributed by atoms with Gasteiger partial charge in [-0.2, -0.15) is 15.0 Å². The SMILES string of the molecule is Cc1cn2ccnc(OC3CCCN(C(=O)c4ccccc4-n4nccn4)C3)c2n1. The number of likely N-dealkylation sites (tertiary alicyclic amines) is 1. The number of amides is 1. The molecule has 9 heteroatoms. The van der Waals surface area contributed by atoms with Gasteiger partial charge in [0.1, 0.15) is 6.10 Å². The van der Waals surface area contributed by atoms with Crippen molar-refractivity contribution >= 4 is 11.6 Å². The first-order valence-corrected chi connectivity index (χ1v) is 9.91. The molecule has 30 heavy (non-hydrogen) atoms. The summed E-state index contributed by atoms with van der Waals surface area (Å²) in [6.45, 7) is 3.10. The lowest BCUT2D eigenvalue weighted by Crippen LogP contribution is -2.44. The zero-order valence-electron chi connectivity index (χ0n) is 16.5. The molecular formula is C21H21N7O2. The molecular weight excluding hydrogens is 382 g/mol. The number of hydrogen-bond donors (Lipinski definition) is 0. The average molecular weight is 403 g/mol. The summed E-state index contributed by atoms with van der Waals surface area (Å²) in [7, 11) is 0. The van der Waals surface area contributed by atoms with Crippen LogP contribution < -0.4 is 4.74 Å². The van der Waals surface area contributed by atoms with E-state index in [9.17, 15) is 4.79 Å². The molecule has 0 saturated carbocycles. The van der Waals surface area contributed by atoms with Gasteiger partial charge in [-0.15, -0.1) is 0 Å². The van der Waals surface area contributed by atoms with Gasteiger partial charge in [-0.3, -0.25) is 4.79 Å².